The summed E-state index contributed by atoms with van der Waals surface area (Å²) in [5.41, 5.74) is 1.07. The summed E-state index contributed by atoms with van der Waals surface area (Å²) in [6.45, 7) is 4.78. The molecule has 20 heavy (non-hydrogen) atoms. The molecular weight excluding hydrogens is 270 g/mol. The average Bonchev–Trinajstić information content (AvgIpc) is 2.50. The van der Waals surface area contributed by atoms with E-state index in [0.717, 1.165) is 18.6 Å². The third-order valence-electron chi connectivity index (χ3n) is 3.84. The molecule has 0 saturated heterocycles. The predicted molar refractivity (Wildman–Crippen MR) is 85.7 cm³/mol. The van der Waals surface area contributed by atoms with Crippen LogP contribution in [0.1, 0.15) is 32.3 Å². The lowest BCUT2D eigenvalue weighted by Gasteiger charge is -2.29. The highest BCUT2D eigenvalue weighted by Gasteiger charge is 2.25. The molecule has 0 unspecified atom stereocenters. The minimum atomic E-state index is -0.167. The molecule has 0 saturated carbocycles. The summed E-state index contributed by atoms with van der Waals surface area (Å²) in [7, 11) is 0. The van der Waals surface area contributed by atoms with Crippen LogP contribution in [0.25, 0.3) is 0 Å². The summed E-state index contributed by atoms with van der Waals surface area (Å²) in [5, 5.41) is 12.4. The second kappa shape index (κ2) is 9.03. The number of nitrogens with one attached hydrogen (secondary N) is 1. The van der Waals surface area contributed by atoms with E-state index in [1.165, 1.54) is 5.56 Å². The first kappa shape index (κ1) is 17.1. The molecule has 0 heterocycles. The van der Waals surface area contributed by atoms with Gasteiger partial charge in [-0.25, -0.2) is 0 Å². The van der Waals surface area contributed by atoms with Crippen LogP contribution < -0.4 is 5.32 Å². The largest absolute Gasteiger partial charge is 0.396 e. The van der Waals surface area contributed by atoms with Crippen molar-refractivity contribution in [1.82, 2.24) is 5.32 Å². The van der Waals surface area contributed by atoms with Crippen molar-refractivity contribution in [3.63, 3.8) is 0 Å². The standard InChI is InChI=1S/C16H25NO2S/c1-3-16(4-2,13-18)12-17-15(19)11-20-10-14-8-6-5-7-9-14/h5-9,18H,3-4,10-13H2,1-2H3,(H,17,19). The number of amides is 1. The van der Waals surface area contributed by atoms with E-state index in [-0.39, 0.29) is 17.9 Å². The molecule has 1 rings (SSSR count). The molecule has 0 bridgehead atoms. The molecule has 0 aliphatic carbocycles. The summed E-state index contributed by atoms with van der Waals surface area (Å²) in [4.78, 5) is 11.8. The molecule has 0 spiro atoms. The maximum absolute atomic E-state index is 11.8. The lowest BCUT2D eigenvalue weighted by molar-refractivity contribution is -0.119. The van der Waals surface area contributed by atoms with E-state index in [4.69, 9.17) is 0 Å². The van der Waals surface area contributed by atoms with Crippen molar-refractivity contribution in [3.05, 3.63) is 35.9 Å². The van der Waals surface area contributed by atoms with Crippen molar-refractivity contribution in [2.75, 3.05) is 18.9 Å². The maximum Gasteiger partial charge on any atom is 0.230 e. The van der Waals surface area contributed by atoms with Crippen LogP contribution in [0.5, 0.6) is 0 Å². The Hall–Kier alpha value is -1.00. The Morgan fingerprint density at radius 2 is 1.90 bits per heavy atom. The third kappa shape index (κ3) is 5.55. The van der Waals surface area contributed by atoms with Crippen molar-refractivity contribution in [2.45, 2.75) is 32.4 Å². The number of carbonyl (C=O) groups is 1. The Bertz CT molecular complexity index is 382. The lowest BCUT2D eigenvalue weighted by atomic mass is 9.83. The van der Waals surface area contributed by atoms with Gasteiger partial charge in [-0.05, 0) is 18.4 Å². The normalized spacial score (nSPS) is 11.3. The maximum atomic E-state index is 11.8. The van der Waals surface area contributed by atoms with Crippen LogP contribution in [0.2, 0.25) is 0 Å². The van der Waals surface area contributed by atoms with Crippen LogP contribution >= 0.6 is 11.8 Å². The molecule has 0 aliphatic rings. The average molecular weight is 295 g/mol. The molecule has 3 nitrogen and oxygen atoms in total. The van der Waals surface area contributed by atoms with Gasteiger partial charge in [0.15, 0.2) is 0 Å². The van der Waals surface area contributed by atoms with Crippen molar-refractivity contribution in [1.29, 1.82) is 0 Å². The zero-order chi connectivity index (χ0) is 14.8. The highest BCUT2D eigenvalue weighted by molar-refractivity contribution is 7.99. The predicted octanol–water partition coefficient (Wildman–Crippen LogP) is 2.83. The number of hydrogen-bond donors (Lipinski definition) is 2. The molecule has 0 aromatic heterocycles. The van der Waals surface area contributed by atoms with Gasteiger partial charge in [0.2, 0.25) is 5.91 Å². The second-order valence-electron chi connectivity index (χ2n) is 5.12. The Morgan fingerprint density at radius 3 is 2.45 bits per heavy atom. The second-order valence-corrected chi connectivity index (χ2v) is 6.11. The number of aliphatic hydroxyl groups is 1. The highest BCUT2D eigenvalue weighted by atomic mass is 32.2. The molecule has 1 aromatic rings. The van der Waals surface area contributed by atoms with E-state index in [1.807, 2.05) is 18.2 Å². The Balaban J connectivity index is 2.27. The van der Waals surface area contributed by atoms with E-state index in [1.54, 1.807) is 11.8 Å². The first-order chi connectivity index (χ1) is 9.65. The summed E-state index contributed by atoms with van der Waals surface area (Å²) in [6.07, 6.45) is 1.74. The number of thioether (sulfide) groups is 1. The number of carbonyl (C=O) groups excluding carboxylic acids is 1. The number of benzene rings is 1. The molecule has 1 aromatic carbocycles. The molecule has 0 aliphatic heterocycles. The summed E-state index contributed by atoms with van der Waals surface area (Å²) in [6, 6.07) is 10.1. The van der Waals surface area contributed by atoms with Crippen LogP contribution in [-0.4, -0.2) is 29.9 Å². The van der Waals surface area contributed by atoms with Crippen LogP contribution in [0, 0.1) is 5.41 Å². The quantitative estimate of drug-likeness (QED) is 0.736. The molecule has 2 N–H and O–H groups in total. The van der Waals surface area contributed by atoms with Gasteiger partial charge in [0, 0.05) is 17.7 Å². The molecule has 0 atom stereocenters. The monoisotopic (exact) mass is 295 g/mol. The van der Waals surface area contributed by atoms with Gasteiger partial charge in [0.05, 0.1) is 12.4 Å². The van der Waals surface area contributed by atoms with Gasteiger partial charge in [-0.3, -0.25) is 4.79 Å². The van der Waals surface area contributed by atoms with E-state index in [9.17, 15) is 9.90 Å². The Labute approximate surface area is 126 Å². The SMILES string of the molecule is CCC(CC)(CO)CNC(=O)CSCc1ccccc1. The van der Waals surface area contributed by atoms with Gasteiger partial charge in [-0.2, -0.15) is 0 Å². The number of hydrogen-bond acceptors (Lipinski definition) is 3. The fourth-order valence-electron chi connectivity index (χ4n) is 1.95. The van der Waals surface area contributed by atoms with Gasteiger partial charge in [-0.15, -0.1) is 11.8 Å². The fourth-order valence-corrected chi connectivity index (χ4v) is 2.77. The zero-order valence-corrected chi connectivity index (χ0v) is 13.2. The van der Waals surface area contributed by atoms with Crippen molar-refractivity contribution >= 4 is 17.7 Å². The number of rotatable bonds is 9. The highest BCUT2D eigenvalue weighted by Crippen LogP contribution is 2.24. The van der Waals surface area contributed by atoms with E-state index in [0.29, 0.717) is 12.3 Å². The smallest absolute Gasteiger partial charge is 0.230 e. The van der Waals surface area contributed by atoms with E-state index < -0.39 is 0 Å². The Kier molecular flexibility index (Phi) is 7.70. The molecule has 0 fully saturated rings. The first-order valence-corrected chi connectivity index (χ1v) is 8.30. The van der Waals surface area contributed by atoms with Crippen molar-refractivity contribution in [2.24, 2.45) is 5.41 Å². The molecule has 112 valence electrons. The van der Waals surface area contributed by atoms with Gasteiger partial charge in [0.25, 0.3) is 0 Å². The van der Waals surface area contributed by atoms with Crippen molar-refractivity contribution in [3.8, 4) is 0 Å². The molecule has 4 heteroatoms. The lowest BCUT2D eigenvalue weighted by Crippen LogP contribution is -2.40. The van der Waals surface area contributed by atoms with Crippen LogP contribution in [0.15, 0.2) is 30.3 Å². The van der Waals surface area contributed by atoms with Gasteiger partial charge in [-0.1, -0.05) is 44.2 Å². The van der Waals surface area contributed by atoms with Crippen LogP contribution in [0.3, 0.4) is 0 Å². The van der Waals surface area contributed by atoms with Crippen molar-refractivity contribution < 1.29 is 9.90 Å². The first-order valence-electron chi connectivity index (χ1n) is 7.15. The topological polar surface area (TPSA) is 49.3 Å². The molecular formula is C16H25NO2S. The summed E-state index contributed by atoms with van der Waals surface area (Å²) in [5.74, 6) is 1.36. The van der Waals surface area contributed by atoms with Crippen LogP contribution in [0.4, 0.5) is 0 Å². The minimum absolute atomic E-state index is 0.0469. The number of aliphatic hydroxyl groups excluding tert-OH is 1. The zero-order valence-electron chi connectivity index (χ0n) is 12.4. The van der Waals surface area contributed by atoms with E-state index >= 15 is 0 Å². The molecule has 0 radical (unpaired) electrons. The van der Waals surface area contributed by atoms with Gasteiger partial charge >= 0.3 is 0 Å². The Morgan fingerprint density at radius 1 is 1.25 bits per heavy atom. The summed E-state index contributed by atoms with van der Waals surface area (Å²) < 4.78 is 0. The van der Waals surface area contributed by atoms with Gasteiger partial charge < -0.3 is 10.4 Å². The van der Waals surface area contributed by atoms with Crippen LogP contribution in [-0.2, 0) is 10.5 Å². The van der Waals surface area contributed by atoms with Gasteiger partial charge in [0.1, 0.15) is 0 Å². The summed E-state index contributed by atoms with van der Waals surface area (Å²) >= 11 is 1.61. The third-order valence-corrected chi connectivity index (χ3v) is 4.84. The van der Waals surface area contributed by atoms with E-state index in [2.05, 4.69) is 31.3 Å². The molecule has 1 amide bonds. The fraction of sp³-hybridized carbons (Fsp3) is 0.562. The minimum Gasteiger partial charge on any atom is -0.396 e.